The maximum Gasteiger partial charge on any atom is 0.311 e. The van der Waals surface area contributed by atoms with Gasteiger partial charge in [0, 0.05) is 44.6 Å². The maximum absolute atomic E-state index is 13.2. The summed E-state index contributed by atoms with van der Waals surface area (Å²) < 4.78 is 13.7. The van der Waals surface area contributed by atoms with Gasteiger partial charge in [0.2, 0.25) is 0 Å². The molecule has 2 heterocycles. The van der Waals surface area contributed by atoms with Gasteiger partial charge in [0.1, 0.15) is 13.2 Å². The van der Waals surface area contributed by atoms with Gasteiger partial charge in [0.25, 0.3) is 11.4 Å². The summed E-state index contributed by atoms with van der Waals surface area (Å²) in [5.41, 5.74) is 3.14. The largest absolute Gasteiger partial charge is 0.463 e. The van der Waals surface area contributed by atoms with Crippen LogP contribution in [0.25, 0.3) is 0 Å². The van der Waals surface area contributed by atoms with E-state index in [1.807, 2.05) is 48.5 Å². The van der Waals surface area contributed by atoms with E-state index < -0.39 is 44.8 Å². The monoisotopic (exact) mass is 890 g/mol. The second-order valence-corrected chi connectivity index (χ2v) is 18.2. The number of esters is 2. The Morgan fingerprint density at radius 2 is 0.982 bits per heavy atom. The van der Waals surface area contributed by atoms with Crippen LogP contribution >= 0.6 is 31.9 Å². The Morgan fingerprint density at radius 1 is 0.643 bits per heavy atom. The fourth-order valence-electron chi connectivity index (χ4n) is 7.42. The number of anilines is 2. The predicted octanol–water partition coefficient (Wildman–Crippen LogP) is 9.85. The van der Waals surface area contributed by atoms with Crippen molar-refractivity contribution in [2.24, 2.45) is 10.8 Å². The van der Waals surface area contributed by atoms with Crippen molar-refractivity contribution in [2.75, 3.05) is 23.0 Å². The Bertz CT molecular complexity index is 1990. The molecule has 4 aromatic rings. The zero-order valence-electron chi connectivity index (χ0n) is 32.0. The van der Waals surface area contributed by atoms with Gasteiger partial charge in [-0.15, -0.1) is 0 Å². The van der Waals surface area contributed by atoms with E-state index in [0.29, 0.717) is 12.8 Å². The lowest BCUT2D eigenvalue weighted by atomic mass is 9.89. The van der Waals surface area contributed by atoms with Crippen LogP contribution in [-0.4, -0.2) is 47.1 Å². The van der Waals surface area contributed by atoms with Crippen LogP contribution < -0.4 is 9.80 Å². The second-order valence-electron chi connectivity index (χ2n) is 16.4. The third kappa shape index (κ3) is 8.61. The lowest BCUT2D eigenvalue weighted by molar-refractivity contribution is -0.385. The van der Waals surface area contributed by atoms with Gasteiger partial charge in [-0.1, -0.05) is 56.1 Å². The molecule has 4 atom stereocenters. The zero-order chi connectivity index (χ0) is 40.7. The molecule has 56 heavy (non-hydrogen) atoms. The molecular weight excluding hydrogens is 848 g/mol. The number of non-ortho nitro benzene ring substituents is 2. The first-order chi connectivity index (χ1) is 26.3. The van der Waals surface area contributed by atoms with E-state index in [2.05, 4.69) is 41.7 Å². The number of carbonyl (C=O) groups excluding carboxylic acids is 2. The van der Waals surface area contributed by atoms with Crippen molar-refractivity contribution >= 4 is 66.5 Å². The smallest absolute Gasteiger partial charge is 0.311 e. The van der Waals surface area contributed by atoms with Crippen LogP contribution in [0.1, 0.15) is 75.9 Å². The number of nitro groups is 2. The number of rotatable bonds is 11. The Labute approximate surface area is 342 Å². The molecule has 2 aliphatic rings. The minimum absolute atomic E-state index is 0.00801. The molecule has 4 unspecified atom stereocenters. The summed E-state index contributed by atoms with van der Waals surface area (Å²) in [5.74, 6) is -0.750. The van der Waals surface area contributed by atoms with Gasteiger partial charge in [-0.25, -0.2) is 0 Å². The van der Waals surface area contributed by atoms with E-state index in [9.17, 15) is 29.8 Å². The standard InChI is InChI=1S/C42H44Br2N4O8/c1-41(2,3)39(49)55-23-33-21-27-19-31(47(51)52)15-17-35(27)45(33)37(25-7-11-29(43)12-8-25)38(26-9-13-30(44)14-10-26)46-34(24-56-40(50)42(4,5)6)22-28-20-32(48(53)54)16-18-36(28)46/h7-20,33-34,37-38H,21-24H2,1-6H3. The normalized spacial score (nSPS) is 17.5. The minimum atomic E-state index is -0.764. The van der Waals surface area contributed by atoms with Crippen molar-refractivity contribution < 1.29 is 28.9 Å². The number of fused-ring (bicyclic) bond motifs is 2. The van der Waals surface area contributed by atoms with Crippen molar-refractivity contribution in [3.63, 3.8) is 0 Å². The number of halogens is 2. The summed E-state index contributed by atoms with van der Waals surface area (Å²) >= 11 is 7.20. The Morgan fingerprint density at radius 3 is 1.29 bits per heavy atom. The molecule has 0 saturated heterocycles. The molecule has 0 aliphatic carbocycles. The van der Waals surface area contributed by atoms with E-state index in [-0.39, 0.29) is 36.5 Å². The van der Waals surface area contributed by atoms with E-state index >= 15 is 0 Å². The number of nitrogens with zero attached hydrogens (tertiary/aromatic N) is 4. The highest BCUT2D eigenvalue weighted by Crippen LogP contribution is 2.51. The molecular formula is C42H44Br2N4O8. The summed E-state index contributed by atoms with van der Waals surface area (Å²) in [6.45, 7) is 10.7. The highest BCUT2D eigenvalue weighted by Gasteiger charge is 2.47. The third-order valence-corrected chi connectivity index (χ3v) is 11.2. The Kier molecular flexibility index (Phi) is 11.6. The average Bonchev–Trinajstić information content (AvgIpc) is 3.68. The molecule has 0 spiro atoms. The van der Waals surface area contributed by atoms with Crippen LogP contribution in [0.4, 0.5) is 22.7 Å². The topological polar surface area (TPSA) is 145 Å². The van der Waals surface area contributed by atoms with Gasteiger partial charge < -0.3 is 19.3 Å². The number of carbonyl (C=O) groups is 2. The van der Waals surface area contributed by atoms with Gasteiger partial charge in [-0.3, -0.25) is 29.8 Å². The molecule has 0 N–H and O–H groups in total. The predicted molar refractivity (Wildman–Crippen MR) is 221 cm³/mol. The quantitative estimate of drug-likeness (QED) is 0.0811. The molecule has 4 aromatic carbocycles. The third-order valence-electron chi connectivity index (χ3n) is 10.2. The summed E-state index contributed by atoms with van der Waals surface area (Å²) in [7, 11) is 0. The van der Waals surface area contributed by atoms with Gasteiger partial charge in [0.15, 0.2) is 0 Å². The molecule has 6 rings (SSSR count). The minimum Gasteiger partial charge on any atom is -0.463 e. The van der Waals surface area contributed by atoms with Crippen molar-refractivity contribution in [1.29, 1.82) is 0 Å². The fourth-order valence-corrected chi connectivity index (χ4v) is 7.95. The van der Waals surface area contributed by atoms with Gasteiger partial charge in [-0.05, 0) is 113 Å². The lowest BCUT2D eigenvalue weighted by Crippen LogP contribution is -2.49. The molecule has 0 bridgehead atoms. The summed E-state index contributed by atoms with van der Waals surface area (Å²) in [6.07, 6.45) is 0.730. The number of ether oxygens (including phenoxy) is 2. The number of nitro benzene ring substituents is 2. The van der Waals surface area contributed by atoms with E-state index in [4.69, 9.17) is 9.47 Å². The lowest BCUT2D eigenvalue weighted by Gasteiger charge is -2.46. The Balaban J connectivity index is 1.60. The number of hydrogen-bond acceptors (Lipinski definition) is 10. The second kappa shape index (κ2) is 16.0. The average molecular weight is 893 g/mol. The van der Waals surface area contributed by atoms with E-state index in [1.165, 1.54) is 12.1 Å². The highest BCUT2D eigenvalue weighted by atomic mass is 79.9. The maximum atomic E-state index is 13.2. The fraction of sp³-hybridized carbons (Fsp3) is 0.381. The highest BCUT2D eigenvalue weighted by molar-refractivity contribution is 9.10. The molecule has 0 radical (unpaired) electrons. The summed E-state index contributed by atoms with van der Waals surface area (Å²) in [6, 6.07) is 23.5. The molecule has 2 aliphatic heterocycles. The molecule has 0 saturated carbocycles. The SMILES string of the molecule is CC(C)(C)C(=O)OCC1Cc2cc([N+](=O)[O-])ccc2N1C(c1ccc(Br)cc1)C(c1ccc(Br)cc1)N1c2ccc([N+](=O)[O-])cc2CC1COC(=O)C(C)(C)C. The van der Waals surface area contributed by atoms with Crippen LogP contribution in [-0.2, 0) is 31.9 Å². The number of benzene rings is 4. The van der Waals surface area contributed by atoms with Gasteiger partial charge in [-0.2, -0.15) is 0 Å². The van der Waals surface area contributed by atoms with E-state index in [1.54, 1.807) is 65.8 Å². The molecule has 12 nitrogen and oxygen atoms in total. The van der Waals surface area contributed by atoms with Crippen LogP contribution in [0, 0.1) is 31.1 Å². The first-order valence-corrected chi connectivity index (χ1v) is 19.9. The molecule has 0 aromatic heterocycles. The summed E-state index contributed by atoms with van der Waals surface area (Å²) in [5, 5.41) is 24.0. The van der Waals surface area contributed by atoms with Crippen molar-refractivity contribution in [2.45, 2.75) is 78.6 Å². The van der Waals surface area contributed by atoms with Crippen LogP contribution in [0.15, 0.2) is 93.9 Å². The van der Waals surface area contributed by atoms with Gasteiger partial charge >= 0.3 is 11.9 Å². The zero-order valence-corrected chi connectivity index (χ0v) is 35.2. The molecule has 294 valence electrons. The molecule has 14 heteroatoms. The molecule has 0 fully saturated rings. The Hall–Kier alpha value is -4.82. The van der Waals surface area contributed by atoms with Crippen LogP contribution in [0.3, 0.4) is 0 Å². The van der Waals surface area contributed by atoms with Crippen LogP contribution in [0.2, 0.25) is 0 Å². The van der Waals surface area contributed by atoms with Crippen LogP contribution in [0.5, 0.6) is 0 Å². The van der Waals surface area contributed by atoms with Crippen molar-refractivity contribution in [3.8, 4) is 0 Å². The van der Waals surface area contributed by atoms with Crippen molar-refractivity contribution in [3.05, 3.63) is 136 Å². The number of hydrogen-bond donors (Lipinski definition) is 0. The van der Waals surface area contributed by atoms with Crippen molar-refractivity contribution in [1.82, 2.24) is 0 Å². The first-order valence-electron chi connectivity index (χ1n) is 18.3. The molecule has 0 amide bonds. The summed E-state index contributed by atoms with van der Waals surface area (Å²) in [4.78, 5) is 54.0. The first kappa shape index (κ1) is 40.8. The van der Waals surface area contributed by atoms with Gasteiger partial charge in [0.05, 0.1) is 44.8 Å². The van der Waals surface area contributed by atoms with E-state index in [0.717, 1.165) is 42.6 Å².